The lowest BCUT2D eigenvalue weighted by Gasteiger charge is -2.32. The minimum atomic E-state index is -0.155. The van der Waals surface area contributed by atoms with Gasteiger partial charge in [0.1, 0.15) is 5.78 Å². The number of carbonyl (C=O) groups excluding carboxylic acids is 1. The van der Waals surface area contributed by atoms with Crippen LogP contribution in [-0.2, 0) is 9.53 Å². The molecule has 0 rings (SSSR count). The van der Waals surface area contributed by atoms with Gasteiger partial charge in [-0.05, 0) is 110 Å². The molecule has 0 aromatic rings. The molecule has 0 radical (unpaired) electrons. The molecule has 0 fully saturated rings. The number of carbonyl (C=O) groups is 1. The third kappa shape index (κ3) is 35.6. The molecule has 0 bridgehead atoms. The van der Waals surface area contributed by atoms with Crippen molar-refractivity contribution in [3.8, 4) is 0 Å². The second-order valence-electron chi connectivity index (χ2n) is 18.0. The van der Waals surface area contributed by atoms with E-state index in [-0.39, 0.29) is 11.0 Å². The summed E-state index contributed by atoms with van der Waals surface area (Å²) in [5.74, 6) is 0.386. The van der Waals surface area contributed by atoms with Gasteiger partial charge < -0.3 is 9.64 Å². The van der Waals surface area contributed by atoms with Gasteiger partial charge in [-0.3, -0.25) is 4.79 Å². The fourth-order valence-electron chi connectivity index (χ4n) is 3.32. The first-order chi connectivity index (χ1) is 16.5. The lowest BCUT2D eigenvalue weighted by molar-refractivity contribution is -0.126. The summed E-state index contributed by atoms with van der Waals surface area (Å²) >= 11 is 0. The summed E-state index contributed by atoms with van der Waals surface area (Å²) in [4.78, 5) is 14.0. The largest absolute Gasteiger partial charge is 0.376 e. The Labute approximate surface area is 242 Å². The third-order valence-corrected chi connectivity index (χ3v) is 6.34. The van der Waals surface area contributed by atoms with Crippen molar-refractivity contribution in [3.63, 3.8) is 0 Å². The van der Waals surface area contributed by atoms with Crippen LogP contribution in [-0.4, -0.2) is 42.0 Å². The summed E-state index contributed by atoms with van der Waals surface area (Å²) in [6.07, 6.45) is 7.92. The van der Waals surface area contributed by atoms with Gasteiger partial charge in [0.25, 0.3) is 0 Å². The number of hydrogen-bond acceptors (Lipinski definition) is 3. The molecule has 0 aliphatic carbocycles. The van der Waals surface area contributed by atoms with Crippen molar-refractivity contribution >= 4 is 5.78 Å². The molecule has 0 spiro atoms. The zero-order valence-corrected chi connectivity index (χ0v) is 30.1. The lowest BCUT2D eigenvalue weighted by atomic mass is 9.84. The van der Waals surface area contributed by atoms with Crippen LogP contribution >= 0.6 is 0 Å². The molecule has 0 aliphatic rings. The molecule has 0 N–H and O–H groups in total. The van der Waals surface area contributed by atoms with Gasteiger partial charge in [-0.15, -0.1) is 0 Å². The molecule has 0 unspecified atom stereocenters. The van der Waals surface area contributed by atoms with Crippen molar-refractivity contribution < 1.29 is 9.53 Å². The topological polar surface area (TPSA) is 29.5 Å². The van der Waals surface area contributed by atoms with Gasteiger partial charge in [0.2, 0.25) is 0 Å². The maximum absolute atomic E-state index is 11.6. The molecular formula is C35H75NO2. The van der Waals surface area contributed by atoms with E-state index in [2.05, 4.69) is 116 Å². The van der Waals surface area contributed by atoms with E-state index >= 15 is 0 Å². The van der Waals surface area contributed by atoms with Crippen molar-refractivity contribution in [3.05, 3.63) is 0 Å². The van der Waals surface area contributed by atoms with E-state index in [0.29, 0.717) is 27.6 Å². The molecule has 0 aromatic carbocycles. The number of Topliss-reactive ketones (excluding diaryl/α,β-unsaturated/α-hetero) is 1. The zero-order chi connectivity index (χ0) is 31.2. The molecule has 0 saturated carbocycles. The van der Waals surface area contributed by atoms with Crippen LogP contribution in [0.2, 0.25) is 0 Å². The number of hydrogen-bond donors (Lipinski definition) is 0. The predicted molar refractivity (Wildman–Crippen MR) is 173 cm³/mol. The van der Waals surface area contributed by atoms with Crippen LogP contribution in [0.1, 0.15) is 170 Å². The van der Waals surface area contributed by atoms with Crippen LogP contribution in [0.5, 0.6) is 0 Å². The fraction of sp³-hybridized carbons (Fsp3) is 0.971. The summed E-state index contributed by atoms with van der Waals surface area (Å²) in [6, 6.07) is 0. The van der Waals surface area contributed by atoms with Crippen LogP contribution in [0.4, 0.5) is 0 Å². The van der Waals surface area contributed by atoms with Gasteiger partial charge in [-0.2, -0.15) is 0 Å². The molecule has 0 heterocycles. The number of ether oxygens (including phenoxy) is 1. The van der Waals surface area contributed by atoms with Gasteiger partial charge in [0, 0.05) is 24.0 Å². The van der Waals surface area contributed by atoms with Crippen LogP contribution < -0.4 is 0 Å². The van der Waals surface area contributed by atoms with Gasteiger partial charge in [0.05, 0.1) is 5.60 Å². The van der Waals surface area contributed by atoms with Crippen LogP contribution in [0.3, 0.4) is 0 Å². The quantitative estimate of drug-likeness (QED) is 0.272. The highest BCUT2D eigenvalue weighted by molar-refractivity contribution is 5.83. The average molecular weight is 542 g/mol. The van der Waals surface area contributed by atoms with E-state index in [1.54, 1.807) is 0 Å². The van der Waals surface area contributed by atoms with Gasteiger partial charge in [-0.25, -0.2) is 0 Å². The summed E-state index contributed by atoms with van der Waals surface area (Å²) in [7, 11) is 2.21. The summed E-state index contributed by atoms with van der Waals surface area (Å²) in [6.45, 7) is 41.6. The Morgan fingerprint density at radius 1 is 0.579 bits per heavy atom. The van der Waals surface area contributed by atoms with Gasteiger partial charge >= 0.3 is 0 Å². The minimum Gasteiger partial charge on any atom is -0.376 e. The highest BCUT2D eigenvalue weighted by Crippen LogP contribution is 2.25. The first kappa shape index (κ1) is 42.1. The number of rotatable bonds is 9. The molecular weight excluding hydrogens is 466 g/mol. The summed E-state index contributed by atoms with van der Waals surface area (Å²) < 4.78 is 5.62. The van der Waals surface area contributed by atoms with E-state index in [1.165, 1.54) is 32.2 Å². The van der Waals surface area contributed by atoms with Crippen LogP contribution in [0, 0.1) is 21.7 Å². The number of nitrogens with zero attached hydrogens (tertiary/aromatic N) is 1. The monoisotopic (exact) mass is 542 g/mol. The summed E-state index contributed by atoms with van der Waals surface area (Å²) in [5, 5.41) is 0. The van der Waals surface area contributed by atoms with Gasteiger partial charge in [0.15, 0.2) is 0 Å². The Bertz CT molecular complexity index is 577. The molecule has 232 valence electrons. The summed E-state index contributed by atoms with van der Waals surface area (Å²) in [5.41, 5.74) is 1.48. The van der Waals surface area contributed by atoms with E-state index in [4.69, 9.17) is 4.74 Å². The number of ketones is 1. The van der Waals surface area contributed by atoms with E-state index in [9.17, 15) is 4.79 Å². The van der Waals surface area contributed by atoms with Crippen molar-refractivity contribution in [2.45, 2.75) is 181 Å². The second-order valence-corrected chi connectivity index (χ2v) is 18.0. The van der Waals surface area contributed by atoms with Crippen molar-refractivity contribution in [1.29, 1.82) is 0 Å². The lowest BCUT2D eigenvalue weighted by Crippen LogP contribution is -2.38. The SMILES string of the molecule is CC(C)(C)CCCC(=O)C(C)(C)C.CC(C)(C)CCCOC(C)(C)C.CN(CCCC(C)(C)C)C(C)(C)C. The first-order valence-corrected chi connectivity index (χ1v) is 15.3. The van der Waals surface area contributed by atoms with Crippen molar-refractivity contribution in [2.24, 2.45) is 21.7 Å². The van der Waals surface area contributed by atoms with Crippen molar-refractivity contribution in [2.75, 3.05) is 20.2 Å². The molecule has 0 amide bonds. The Balaban J connectivity index is -0.000000484. The van der Waals surface area contributed by atoms with Gasteiger partial charge in [-0.1, -0.05) is 83.1 Å². The van der Waals surface area contributed by atoms with Crippen LogP contribution in [0.25, 0.3) is 0 Å². The Morgan fingerprint density at radius 3 is 1.26 bits per heavy atom. The molecule has 3 heteroatoms. The smallest absolute Gasteiger partial charge is 0.138 e. The Morgan fingerprint density at radius 2 is 0.947 bits per heavy atom. The highest BCUT2D eigenvalue weighted by atomic mass is 16.5. The van der Waals surface area contributed by atoms with Crippen molar-refractivity contribution in [1.82, 2.24) is 4.90 Å². The average Bonchev–Trinajstić information content (AvgIpc) is 2.61. The maximum atomic E-state index is 11.6. The Hall–Kier alpha value is -0.410. The molecule has 0 aliphatic heterocycles. The maximum Gasteiger partial charge on any atom is 0.138 e. The van der Waals surface area contributed by atoms with E-state index < -0.39 is 0 Å². The molecule has 0 saturated heterocycles. The Kier molecular flexibility index (Phi) is 19.3. The molecule has 3 nitrogen and oxygen atoms in total. The normalized spacial score (nSPS) is 13.5. The molecule has 0 aromatic heterocycles. The fourth-order valence-corrected chi connectivity index (χ4v) is 3.32. The van der Waals surface area contributed by atoms with E-state index in [0.717, 1.165) is 25.9 Å². The molecule has 0 atom stereocenters. The van der Waals surface area contributed by atoms with E-state index in [1.807, 2.05) is 20.8 Å². The predicted octanol–water partition coefficient (Wildman–Crippen LogP) is 11.0. The standard InChI is InChI=1S/C12H27N.C12H24O.C11H24O/c1-11(2,3)9-8-10-13(7)12(4,5)6;1-11(2,3)9-7-8-10(13)12(4,5)6;1-10(2,3)8-7-9-12-11(4,5)6/h8-10H2,1-7H3;7-9H2,1-6H3;7-9H2,1-6H3. The minimum absolute atomic E-state index is 0.0257. The second kappa shape index (κ2) is 17.4. The molecule has 38 heavy (non-hydrogen) atoms. The first-order valence-electron chi connectivity index (χ1n) is 15.3. The zero-order valence-electron chi connectivity index (χ0n) is 30.1. The highest BCUT2D eigenvalue weighted by Gasteiger charge is 2.21. The third-order valence-electron chi connectivity index (χ3n) is 6.34. The van der Waals surface area contributed by atoms with Crippen LogP contribution in [0.15, 0.2) is 0 Å².